The molecule has 4 heteroatoms. The van der Waals surface area contributed by atoms with E-state index in [0.717, 1.165) is 17.3 Å². The number of anilines is 1. The van der Waals surface area contributed by atoms with Crippen LogP contribution in [0, 0.1) is 5.41 Å². The number of carbonyl (C=O) groups is 1. The fourth-order valence-electron chi connectivity index (χ4n) is 2.13. The van der Waals surface area contributed by atoms with E-state index in [0.29, 0.717) is 11.2 Å². The lowest BCUT2D eigenvalue weighted by Gasteiger charge is -2.13. The second kappa shape index (κ2) is 4.23. The van der Waals surface area contributed by atoms with Crippen LogP contribution in [-0.4, -0.2) is 22.6 Å². The van der Waals surface area contributed by atoms with Gasteiger partial charge in [0.15, 0.2) is 5.69 Å². The molecule has 0 unspecified atom stereocenters. The smallest absolute Gasteiger partial charge is 0.354 e. The van der Waals surface area contributed by atoms with E-state index in [1.54, 1.807) is 6.07 Å². The van der Waals surface area contributed by atoms with Gasteiger partial charge in [0.05, 0.1) is 0 Å². The first-order chi connectivity index (χ1) is 9.07. The van der Waals surface area contributed by atoms with Gasteiger partial charge in [-0.3, -0.25) is 0 Å². The molecule has 0 spiro atoms. The van der Waals surface area contributed by atoms with E-state index < -0.39 is 5.97 Å². The lowest BCUT2D eigenvalue weighted by Crippen LogP contribution is -2.14. The summed E-state index contributed by atoms with van der Waals surface area (Å²) < 4.78 is 0. The highest BCUT2D eigenvalue weighted by molar-refractivity contribution is 5.97. The predicted molar refractivity (Wildman–Crippen MR) is 74.5 cm³/mol. The third-order valence-electron chi connectivity index (χ3n) is 3.75. The monoisotopic (exact) mass is 256 g/mol. The van der Waals surface area contributed by atoms with Gasteiger partial charge < -0.3 is 10.4 Å². The molecule has 0 aliphatic heterocycles. The summed E-state index contributed by atoms with van der Waals surface area (Å²) in [4.78, 5) is 15.3. The Morgan fingerprint density at radius 2 is 2.16 bits per heavy atom. The van der Waals surface area contributed by atoms with Crippen LogP contribution in [0.25, 0.3) is 10.8 Å². The van der Waals surface area contributed by atoms with Crippen LogP contribution in [0.2, 0.25) is 0 Å². The van der Waals surface area contributed by atoms with Crippen molar-refractivity contribution in [2.24, 2.45) is 5.41 Å². The molecule has 2 aromatic rings. The number of carboxylic acids is 1. The predicted octanol–water partition coefficient (Wildman–Crippen LogP) is 3.15. The van der Waals surface area contributed by atoms with Crippen molar-refractivity contribution in [3.63, 3.8) is 0 Å². The number of fused-ring (bicyclic) bond motifs is 1. The van der Waals surface area contributed by atoms with E-state index in [2.05, 4.69) is 17.2 Å². The number of pyridine rings is 1. The molecule has 1 aromatic heterocycles. The molecule has 0 radical (unpaired) electrons. The number of nitrogens with zero attached hydrogens (tertiary/aromatic N) is 1. The molecular formula is C15H16N2O2. The molecular weight excluding hydrogens is 240 g/mol. The number of rotatable bonds is 4. The van der Waals surface area contributed by atoms with E-state index in [1.807, 2.05) is 24.3 Å². The fraction of sp³-hybridized carbons (Fsp3) is 0.333. The van der Waals surface area contributed by atoms with Gasteiger partial charge in [-0.05, 0) is 29.7 Å². The Labute approximate surface area is 111 Å². The highest BCUT2D eigenvalue weighted by Gasteiger charge is 2.36. The Balaban J connectivity index is 2.01. The molecule has 19 heavy (non-hydrogen) atoms. The maximum Gasteiger partial charge on any atom is 0.354 e. The molecule has 4 nitrogen and oxygen atoms in total. The van der Waals surface area contributed by atoms with E-state index in [-0.39, 0.29) is 5.69 Å². The minimum Gasteiger partial charge on any atom is -0.477 e. The Morgan fingerprint density at radius 3 is 2.84 bits per heavy atom. The van der Waals surface area contributed by atoms with Gasteiger partial charge in [-0.15, -0.1) is 0 Å². The molecule has 1 saturated carbocycles. The number of aromatic carboxylic acids is 1. The van der Waals surface area contributed by atoms with Gasteiger partial charge in [0.1, 0.15) is 5.82 Å². The van der Waals surface area contributed by atoms with Gasteiger partial charge >= 0.3 is 5.97 Å². The van der Waals surface area contributed by atoms with E-state index in [9.17, 15) is 4.79 Å². The van der Waals surface area contributed by atoms with Gasteiger partial charge in [-0.1, -0.05) is 31.2 Å². The summed E-state index contributed by atoms with van der Waals surface area (Å²) in [5.74, 6) is -0.324. The summed E-state index contributed by atoms with van der Waals surface area (Å²) in [5.41, 5.74) is 0.435. The molecule has 0 atom stereocenters. The normalized spacial score (nSPS) is 16.3. The third kappa shape index (κ3) is 2.38. The van der Waals surface area contributed by atoms with Crippen molar-refractivity contribution in [2.75, 3.05) is 11.9 Å². The quantitative estimate of drug-likeness (QED) is 0.882. The van der Waals surface area contributed by atoms with Crippen LogP contribution >= 0.6 is 0 Å². The van der Waals surface area contributed by atoms with Crippen molar-refractivity contribution >= 4 is 22.6 Å². The zero-order valence-corrected chi connectivity index (χ0v) is 10.8. The van der Waals surface area contributed by atoms with Crippen molar-refractivity contribution in [1.29, 1.82) is 0 Å². The third-order valence-corrected chi connectivity index (χ3v) is 3.75. The Hall–Kier alpha value is -2.10. The van der Waals surface area contributed by atoms with Crippen LogP contribution in [0.4, 0.5) is 5.82 Å². The zero-order valence-electron chi connectivity index (χ0n) is 10.8. The molecule has 0 amide bonds. The minimum absolute atomic E-state index is 0.0853. The van der Waals surface area contributed by atoms with Crippen LogP contribution in [0.1, 0.15) is 30.3 Å². The van der Waals surface area contributed by atoms with Crippen molar-refractivity contribution < 1.29 is 9.90 Å². The molecule has 2 N–H and O–H groups in total. The number of nitrogens with one attached hydrogen (secondary N) is 1. The average Bonchev–Trinajstić information content (AvgIpc) is 3.14. The van der Waals surface area contributed by atoms with Crippen LogP contribution in [0.15, 0.2) is 30.3 Å². The molecule has 1 aliphatic rings. The lowest BCUT2D eigenvalue weighted by atomic mass is 10.1. The fourth-order valence-corrected chi connectivity index (χ4v) is 2.13. The zero-order chi connectivity index (χ0) is 13.5. The van der Waals surface area contributed by atoms with E-state index >= 15 is 0 Å². The average molecular weight is 256 g/mol. The summed E-state index contributed by atoms with van der Waals surface area (Å²) in [7, 11) is 0. The highest BCUT2D eigenvalue weighted by atomic mass is 16.4. The summed E-state index contributed by atoms with van der Waals surface area (Å²) in [5, 5.41) is 14.3. The molecule has 1 aromatic carbocycles. The van der Waals surface area contributed by atoms with Crippen LogP contribution in [0.5, 0.6) is 0 Å². The van der Waals surface area contributed by atoms with Gasteiger partial charge in [-0.25, -0.2) is 9.78 Å². The van der Waals surface area contributed by atoms with Crippen molar-refractivity contribution in [2.45, 2.75) is 19.8 Å². The van der Waals surface area contributed by atoms with Gasteiger partial charge in [0, 0.05) is 11.9 Å². The van der Waals surface area contributed by atoms with Crippen LogP contribution in [-0.2, 0) is 0 Å². The number of hydrogen-bond donors (Lipinski definition) is 2. The molecule has 0 saturated heterocycles. The first kappa shape index (κ1) is 12.0. The number of hydrogen-bond acceptors (Lipinski definition) is 3. The van der Waals surface area contributed by atoms with Gasteiger partial charge in [0.25, 0.3) is 0 Å². The Morgan fingerprint density at radius 1 is 1.42 bits per heavy atom. The summed E-state index contributed by atoms with van der Waals surface area (Å²) >= 11 is 0. The van der Waals surface area contributed by atoms with Crippen molar-refractivity contribution in [1.82, 2.24) is 4.98 Å². The highest BCUT2D eigenvalue weighted by Crippen LogP contribution is 2.44. The summed E-state index contributed by atoms with van der Waals surface area (Å²) in [6.45, 7) is 3.07. The molecule has 1 aliphatic carbocycles. The Bertz CT molecular complexity index is 648. The van der Waals surface area contributed by atoms with Crippen LogP contribution < -0.4 is 5.32 Å². The molecule has 1 heterocycles. The number of benzene rings is 1. The van der Waals surface area contributed by atoms with E-state index in [4.69, 9.17) is 5.11 Å². The first-order valence-electron chi connectivity index (χ1n) is 6.44. The molecule has 3 rings (SSSR count). The lowest BCUT2D eigenvalue weighted by molar-refractivity contribution is 0.0691. The van der Waals surface area contributed by atoms with Crippen LogP contribution in [0.3, 0.4) is 0 Å². The largest absolute Gasteiger partial charge is 0.477 e. The van der Waals surface area contributed by atoms with Crippen molar-refractivity contribution in [3.05, 3.63) is 36.0 Å². The second-order valence-corrected chi connectivity index (χ2v) is 5.55. The standard InChI is InChI=1S/C15H16N2O2/c1-15(6-7-15)9-16-13-11-5-3-2-4-10(11)8-12(17-13)14(18)19/h2-5,8H,6-7,9H2,1H3,(H,16,17)(H,18,19). The molecule has 1 fully saturated rings. The summed E-state index contributed by atoms with van der Waals surface area (Å²) in [6, 6.07) is 9.33. The number of carboxylic acid groups (broad SMARTS) is 1. The van der Waals surface area contributed by atoms with Crippen molar-refractivity contribution in [3.8, 4) is 0 Å². The molecule has 98 valence electrons. The van der Waals surface area contributed by atoms with Gasteiger partial charge in [-0.2, -0.15) is 0 Å². The second-order valence-electron chi connectivity index (χ2n) is 5.55. The molecule has 0 bridgehead atoms. The minimum atomic E-state index is -0.994. The maximum absolute atomic E-state index is 11.1. The SMILES string of the molecule is CC1(CNc2nc(C(=O)O)cc3ccccc23)CC1. The van der Waals surface area contributed by atoms with Gasteiger partial charge in [0.2, 0.25) is 0 Å². The number of aromatic nitrogens is 1. The topological polar surface area (TPSA) is 62.2 Å². The maximum atomic E-state index is 11.1. The summed E-state index contributed by atoms with van der Waals surface area (Å²) in [6.07, 6.45) is 2.44. The first-order valence-corrected chi connectivity index (χ1v) is 6.44. The van der Waals surface area contributed by atoms with E-state index in [1.165, 1.54) is 12.8 Å². The Kier molecular flexibility index (Phi) is 2.66.